The van der Waals surface area contributed by atoms with Crippen molar-refractivity contribution in [1.29, 1.82) is 0 Å². The Bertz CT molecular complexity index is 1250. The second-order valence-corrected chi connectivity index (χ2v) is 8.54. The van der Waals surface area contributed by atoms with Crippen LogP contribution in [0.15, 0.2) is 77.7 Å². The number of hydrogen-bond donors (Lipinski definition) is 0. The predicted molar refractivity (Wildman–Crippen MR) is 126 cm³/mol. The Balaban J connectivity index is 1.51. The third-order valence-corrected chi connectivity index (χ3v) is 6.16. The molecule has 1 saturated heterocycles. The quantitative estimate of drug-likeness (QED) is 0.260. The highest BCUT2D eigenvalue weighted by Gasteiger charge is 2.35. The molecule has 2 amide bonds. The van der Waals surface area contributed by atoms with Gasteiger partial charge in [0, 0.05) is 0 Å². The van der Waals surface area contributed by atoms with E-state index in [1.54, 1.807) is 54.6 Å². The topological polar surface area (TPSA) is 63.7 Å². The van der Waals surface area contributed by atoms with E-state index in [1.165, 1.54) is 4.90 Å². The van der Waals surface area contributed by atoms with E-state index >= 15 is 0 Å². The van der Waals surface area contributed by atoms with Crippen LogP contribution in [0.1, 0.15) is 27.0 Å². The first-order valence-corrected chi connectivity index (χ1v) is 11.0. The maximum Gasteiger partial charge on any atom is 0.345 e. The summed E-state index contributed by atoms with van der Waals surface area (Å²) >= 11 is 6.95. The molecule has 1 fully saturated rings. The molecule has 0 radical (unpaired) electrons. The molecular weight excluding hydrogens is 446 g/mol. The fourth-order valence-electron chi connectivity index (χ4n) is 3.20. The van der Waals surface area contributed by atoms with E-state index in [2.05, 4.69) is 0 Å². The number of rotatable bonds is 5. The number of halogens is 1. The lowest BCUT2D eigenvalue weighted by molar-refractivity contribution is -0.123. The monoisotopic (exact) mass is 463 g/mol. The number of ether oxygens (including phenoxy) is 1. The first-order chi connectivity index (χ1) is 15.4. The van der Waals surface area contributed by atoms with Crippen molar-refractivity contribution in [3.8, 4) is 5.75 Å². The summed E-state index contributed by atoms with van der Waals surface area (Å²) < 4.78 is 5.43. The van der Waals surface area contributed by atoms with Crippen molar-refractivity contribution in [1.82, 2.24) is 4.90 Å². The van der Waals surface area contributed by atoms with E-state index in [4.69, 9.17) is 16.3 Å². The van der Waals surface area contributed by atoms with Gasteiger partial charge in [-0.05, 0) is 65.7 Å². The molecule has 0 unspecified atom stereocenters. The molecule has 32 heavy (non-hydrogen) atoms. The van der Waals surface area contributed by atoms with Crippen LogP contribution in [0.5, 0.6) is 5.75 Å². The Morgan fingerprint density at radius 2 is 1.78 bits per heavy atom. The van der Waals surface area contributed by atoms with Crippen LogP contribution in [0.4, 0.5) is 4.79 Å². The smallest absolute Gasteiger partial charge is 0.345 e. The summed E-state index contributed by atoms with van der Waals surface area (Å²) in [5.74, 6) is -0.615. The molecule has 160 valence electrons. The fourth-order valence-corrected chi connectivity index (χ4v) is 4.25. The van der Waals surface area contributed by atoms with Gasteiger partial charge < -0.3 is 4.74 Å². The fraction of sp³-hybridized carbons (Fsp3) is 0.0800. The third-order valence-electron chi connectivity index (χ3n) is 4.92. The van der Waals surface area contributed by atoms with Crippen LogP contribution in [0, 0.1) is 6.92 Å². The molecule has 0 N–H and O–H groups in total. The van der Waals surface area contributed by atoms with Crippen molar-refractivity contribution >= 4 is 46.6 Å². The van der Waals surface area contributed by atoms with Crippen molar-refractivity contribution in [3.63, 3.8) is 0 Å². The van der Waals surface area contributed by atoms with Crippen molar-refractivity contribution in [2.75, 3.05) is 0 Å². The summed E-state index contributed by atoms with van der Waals surface area (Å²) in [7, 11) is 0. The number of carbonyl (C=O) groups excluding carboxylic acids is 3. The first kappa shape index (κ1) is 21.9. The van der Waals surface area contributed by atoms with Crippen LogP contribution in [-0.4, -0.2) is 22.0 Å². The lowest BCUT2D eigenvalue weighted by atomic mass is 10.1. The van der Waals surface area contributed by atoms with E-state index in [0.29, 0.717) is 21.2 Å². The van der Waals surface area contributed by atoms with Crippen LogP contribution in [-0.2, 0) is 11.3 Å². The largest absolute Gasteiger partial charge is 0.423 e. The molecule has 0 atom stereocenters. The maximum absolute atomic E-state index is 12.8. The van der Waals surface area contributed by atoms with E-state index in [-0.39, 0.29) is 23.3 Å². The van der Waals surface area contributed by atoms with Gasteiger partial charge in [0.15, 0.2) is 0 Å². The zero-order valence-corrected chi connectivity index (χ0v) is 18.7. The van der Waals surface area contributed by atoms with Gasteiger partial charge in [-0.15, -0.1) is 0 Å². The summed E-state index contributed by atoms with van der Waals surface area (Å²) in [5, 5.41) is -0.0122. The zero-order valence-electron chi connectivity index (χ0n) is 17.1. The van der Waals surface area contributed by atoms with Crippen LogP contribution in [0.2, 0.25) is 5.02 Å². The Labute approximate surface area is 194 Å². The summed E-state index contributed by atoms with van der Waals surface area (Å²) in [4.78, 5) is 39.2. The number of amides is 2. The molecule has 0 aromatic heterocycles. The number of imide groups is 1. The number of hydrogen-bond acceptors (Lipinski definition) is 5. The highest BCUT2D eigenvalue weighted by molar-refractivity contribution is 8.18. The molecule has 3 aromatic carbocycles. The van der Waals surface area contributed by atoms with Gasteiger partial charge in [0.1, 0.15) is 5.75 Å². The molecule has 0 spiro atoms. The van der Waals surface area contributed by atoms with E-state index in [1.807, 2.05) is 31.2 Å². The van der Waals surface area contributed by atoms with E-state index < -0.39 is 5.97 Å². The number of nitrogens with zero attached hydrogens (tertiary/aromatic N) is 1. The van der Waals surface area contributed by atoms with E-state index in [9.17, 15) is 14.4 Å². The van der Waals surface area contributed by atoms with Gasteiger partial charge in [-0.25, -0.2) is 4.79 Å². The minimum Gasteiger partial charge on any atom is -0.423 e. The number of aryl methyl sites for hydroxylation is 1. The summed E-state index contributed by atoms with van der Waals surface area (Å²) in [6, 6.07) is 21.0. The van der Waals surface area contributed by atoms with Gasteiger partial charge in [0.25, 0.3) is 11.1 Å². The zero-order chi connectivity index (χ0) is 22.7. The van der Waals surface area contributed by atoms with Crippen LogP contribution >= 0.6 is 23.4 Å². The molecule has 4 rings (SSSR count). The highest BCUT2D eigenvalue weighted by Crippen LogP contribution is 2.34. The Kier molecular flexibility index (Phi) is 6.44. The van der Waals surface area contributed by atoms with Crippen LogP contribution in [0.3, 0.4) is 0 Å². The Morgan fingerprint density at radius 3 is 2.56 bits per heavy atom. The maximum atomic E-state index is 12.8. The van der Waals surface area contributed by atoms with Crippen LogP contribution < -0.4 is 4.74 Å². The number of thioether (sulfide) groups is 1. The molecule has 7 heteroatoms. The summed E-state index contributed by atoms with van der Waals surface area (Å²) in [6.07, 6.45) is 1.62. The average molecular weight is 464 g/mol. The van der Waals surface area contributed by atoms with Crippen LogP contribution in [0.25, 0.3) is 6.08 Å². The molecule has 1 aliphatic heterocycles. The molecule has 0 aliphatic carbocycles. The molecule has 1 heterocycles. The van der Waals surface area contributed by atoms with Gasteiger partial charge in [-0.1, -0.05) is 60.1 Å². The minimum atomic E-state index is -0.577. The molecule has 1 aliphatic rings. The standard InChI is InChI=1S/C25H18ClNO4S/c1-16-7-2-3-9-18(16)15-27-23(28)22(32-25(27)30)14-17-8-6-10-19(13-17)31-24(29)20-11-4-5-12-21(20)26/h2-14H,15H2,1H3/b22-14-. The third kappa shape index (κ3) is 4.77. The lowest BCUT2D eigenvalue weighted by Gasteiger charge is -2.14. The van der Waals surface area contributed by atoms with Crippen molar-refractivity contribution < 1.29 is 19.1 Å². The lowest BCUT2D eigenvalue weighted by Crippen LogP contribution is -2.27. The van der Waals surface area contributed by atoms with Gasteiger partial charge >= 0.3 is 5.97 Å². The molecular formula is C25H18ClNO4S. The van der Waals surface area contributed by atoms with Gasteiger partial charge in [0.2, 0.25) is 0 Å². The highest BCUT2D eigenvalue weighted by atomic mass is 35.5. The summed E-state index contributed by atoms with van der Waals surface area (Å²) in [6.45, 7) is 2.17. The van der Waals surface area contributed by atoms with E-state index in [0.717, 1.165) is 22.9 Å². The van der Waals surface area contributed by atoms with Crippen molar-refractivity contribution in [3.05, 3.63) is 105 Å². The normalized spacial score (nSPS) is 14.8. The predicted octanol–water partition coefficient (Wildman–Crippen LogP) is 6.10. The molecule has 3 aromatic rings. The number of esters is 1. The van der Waals surface area contributed by atoms with Crippen molar-refractivity contribution in [2.45, 2.75) is 13.5 Å². The Hall–Kier alpha value is -3.35. The molecule has 0 saturated carbocycles. The second-order valence-electron chi connectivity index (χ2n) is 7.14. The van der Waals surface area contributed by atoms with Crippen molar-refractivity contribution in [2.24, 2.45) is 0 Å². The SMILES string of the molecule is Cc1ccccc1CN1C(=O)S/C(=C\c2cccc(OC(=O)c3ccccc3Cl)c2)C1=O. The minimum absolute atomic E-state index is 0.226. The Morgan fingerprint density at radius 1 is 1.03 bits per heavy atom. The van der Waals surface area contributed by atoms with Gasteiger partial charge in [-0.3, -0.25) is 14.5 Å². The number of benzene rings is 3. The molecule has 5 nitrogen and oxygen atoms in total. The van der Waals surface area contributed by atoms with Gasteiger partial charge in [0.05, 0.1) is 22.0 Å². The first-order valence-electron chi connectivity index (χ1n) is 9.79. The second kappa shape index (κ2) is 9.42. The molecule has 0 bridgehead atoms. The van der Waals surface area contributed by atoms with Gasteiger partial charge in [-0.2, -0.15) is 0 Å². The average Bonchev–Trinajstić information content (AvgIpc) is 3.03. The number of carbonyl (C=O) groups is 3. The summed E-state index contributed by atoms with van der Waals surface area (Å²) in [5.41, 5.74) is 2.83.